The first-order valence-corrected chi connectivity index (χ1v) is 8.45. The molecule has 0 aromatic heterocycles. The van der Waals surface area contributed by atoms with Crippen molar-refractivity contribution in [2.75, 3.05) is 0 Å². The molecule has 4 heteroatoms. The second kappa shape index (κ2) is 10.9. The third kappa shape index (κ3) is 8.02. The molecule has 1 N–H and O–H groups in total. The monoisotopic (exact) mass is 320 g/mol. The van der Waals surface area contributed by atoms with Crippen LogP contribution in [0, 0.1) is 0 Å². The third-order valence-corrected chi connectivity index (χ3v) is 3.91. The van der Waals surface area contributed by atoms with E-state index in [2.05, 4.69) is 6.08 Å². The van der Waals surface area contributed by atoms with Gasteiger partial charge in [0.2, 0.25) is 0 Å². The van der Waals surface area contributed by atoms with E-state index >= 15 is 0 Å². The van der Waals surface area contributed by atoms with E-state index in [1.54, 1.807) is 0 Å². The molecule has 0 bridgehead atoms. The molecule has 1 aliphatic carbocycles. The Hall–Kier alpha value is -0.770. The fourth-order valence-corrected chi connectivity index (χ4v) is 2.41. The zero-order chi connectivity index (χ0) is 17.1. The van der Waals surface area contributed by atoms with E-state index in [4.69, 9.17) is 0 Å². The fourth-order valence-electron chi connectivity index (χ4n) is 2.41. The summed E-state index contributed by atoms with van der Waals surface area (Å²) in [4.78, 5) is 0. The van der Waals surface area contributed by atoms with Crippen LogP contribution in [0.25, 0.3) is 0 Å². The maximum absolute atomic E-state index is 13.0. The first kappa shape index (κ1) is 21.2. The summed E-state index contributed by atoms with van der Waals surface area (Å²) in [6.45, 7) is 5.85. The minimum Gasteiger partial charge on any atom is -0.380 e. The SMILES string of the molecule is C/C1=C/CCC/C=C/CCCCC(O)(C(F)(F)F)CC1.CC. The summed E-state index contributed by atoms with van der Waals surface area (Å²) in [6, 6.07) is 0. The molecular formula is C18H31F3O. The highest BCUT2D eigenvalue weighted by Crippen LogP contribution is 2.38. The Kier molecular flexibility index (Phi) is 10.5. The van der Waals surface area contributed by atoms with E-state index in [0.717, 1.165) is 31.3 Å². The molecule has 1 nitrogen and oxygen atoms in total. The van der Waals surface area contributed by atoms with Crippen LogP contribution in [0.2, 0.25) is 0 Å². The Morgan fingerprint density at radius 3 is 2.14 bits per heavy atom. The number of aliphatic hydroxyl groups is 1. The van der Waals surface area contributed by atoms with Crippen LogP contribution < -0.4 is 0 Å². The van der Waals surface area contributed by atoms with Crippen LogP contribution in [0.4, 0.5) is 13.2 Å². The largest absolute Gasteiger partial charge is 0.417 e. The standard InChI is InChI=1S/C16H25F3O.C2H6/c1-14-10-8-6-4-2-3-5-7-9-12-15(20,13-11-14)16(17,18)19;1-2/h2-3,10,20H,4-9,11-13H2,1H3;1-2H3/b3-2+,14-10-;. The van der Waals surface area contributed by atoms with Crippen molar-refractivity contribution in [3.8, 4) is 0 Å². The van der Waals surface area contributed by atoms with Crippen LogP contribution in [0.1, 0.15) is 78.6 Å². The van der Waals surface area contributed by atoms with Gasteiger partial charge in [0.25, 0.3) is 0 Å². The molecule has 1 unspecified atom stereocenters. The van der Waals surface area contributed by atoms with Gasteiger partial charge in [-0.05, 0) is 64.7 Å². The Morgan fingerprint density at radius 1 is 0.955 bits per heavy atom. The number of hydrogen-bond acceptors (Lipinski definition) is 1. The number of rotatable bonds is 0. The zero-order valence-electron chi connectivity index (χ0n) is 14.2. The topological polar surface area (TPSA) is 20.2 Å². The Balaban J connectivity index is 0.00000211. The number of halogens is 3. The lowest BCUT2D eigenvalue weighted by molar-refractivity contribution is -0.265. The lowest BCUT2D eigenvalue weighted by Gasteiger charge is -2.31. The van der Waals surface area contributed by atoms with Crippen molar-refractivity contribution in [3.63, 3.8) is 0 Å². The van der Waals surface area contributed by atoms with Crippen molar-refractivity contribution in [2.24, 2.45) is 0 Å². The van der Waals surface area contributed by atoms with Gasteiger partial charge in [-0.2, -0.15) is 13.2 Å². The molecule has 0 aliphatic heterocycles. The van der Waals surface area contributed by atoms with Gasteiger partial charge in [-0.15, -0.1) is 0 Å². The molecule has 0 amide bonds. The summed E-state index contributed by atoms with van der Waals surface area (Å²) in [5.74, 6) is 0. The van der Waals surface area contributed by atoms with Crippen molar-refractivity contribution in [2.45, 2.75) is 90.3 Å². The molecule has 22 heavy (non-hydrogen) atoms. The quantitative estimate of drug-likeness (QED) is 0.517. The summed E-state index contributed by atoms with van der Waals surface area (Å²) < 4.78 is 39.1. The minimum absolute atomic E-state index is 0.197. The highest BCUT2D eigenvalue weighted by molar-refractivity contribution is 5.01. The maximum Gasteiger partial charge on any atom is 0.417 e. The summed E-state index contributed by atoms with van der Waals surface area (Å²) >= 11 is 0. The van der Waals surface area contributed by atoms with Gasteiger partial charge in [0.1, 0.15) is 0 Å². The predicted molar refractivity (Wildman–Crippen MR) is 86.8 cm³/mol. The lowest BCUT2D eigenvalue weighted by atomic mass is 9.88. The second-order valence-corrected chi connectivity index (χ2v) is 5.73. The van der Waals surface area contributed by atoms with Crippen LogP contribution in [-0.4, -0.2) is 16.9 Å². The van der Waals surface area contributed by atoms with E-state index < -0.39 is 11.8 Å². The van der Waals surface area contributed by atoms with E-state index in [-0.39, 0.29) is 12.8 Å². The predicted octanol–water partition coefficient (Wildman–Crippen LogP) is 6.33. The number of allylic oxidation sites excluding steroid dienone is 4. The van der Waals surface area contributed by atoms with Crippen molar-refractivity contribution in [3.05, 3.63) is 23.8 Å². The van der Waals surface area contributed by atoms with Gasteiger partial charge in [0.05, 0.1) is 0 Å². The highest BCUT2D eigenvalue weighted by Gasteiger charge is 2.52. The van der Waals surface area contributed by atoms with Gasteiger partial charge in [-0.1, -0.05) is 37.6 Å². The molecule has 0 saturated carbocycles. The van der Waals surface area contributed by atoms with Gasteiger partial charge in [0.15, 0.2) is 5.60 Å². The highest BCUT2D eigenvalue weighted by atomic mass is 19.4. The van der Waals surface area contributed by atoms with Crippen LogP contribution in [0.15, 0.2) is 23.8 Å². The molecule has 0 radical (unpaired) electrons. The molecule has 0 aromatic rings. The fraction of sp³-hybridized carbons (Fsp3) is 0.778. The molecule has 1 atom stereocenters. The molecule has 0 saturated heterocycles. The van der Waals surface area contributed by atoms with E-state index in [1.165, 1.54) is 0 Å². The molecule has 0 spiro atoms. The first-order valence-electron chi connectivity index (χ1n) is 8.45. The van der Waals surface area contributed by atoms with Crippen LogP contribution >= 0.6 is 0 Å². The van der Waals surface area contributed by atoms with Crippen molar-refractivity contribution in [1.82, 2.24) is 0 Å². The summed E-state index contributed by atoms with van der Waals surface area (Å²) in [5, 5.41) is 9.97. The first-order chi connectivity index (χ1) is 10.4. The molecular weight excluding hydrogens is 289 g/mol. The van der Waals surface area contributed by atoms with Crippen LogP contribution in [0.3, 0.4) is 0 Å². The smallest absolute Gasteiger partial charge is 0.380 e. The summed E-state index contributed by atoms with van der Waals surface area (Å²) in [5.41, 5.74) is -1.59. The minimum atomic E-state index is -4.54. The second-order valence-electron chi connectivity index (χ2n) is 5.73. The summed E-state index contributed by atoms with van der Waals surface area (Å²) in [7, 11) is 0. The molecule has 0 aromatic carbocycles. The van der Waals surface area contributed by atoms with Crippen LogP contribution in [-0.2, 0) is 0 Å². The van der Waals surface area contributed by atoms with Crippen molar-refractivity contribution in [1.29, 1.82) is 0 Å². The van der Waals surface area contributed by atoms with Crippen LogP contribution in [0.5, 0.6) is 0 Å². The molecule has 1 aliphatic rings. The molecule has 0 heterocycles. The third-order valence-electron chi connectivity index (χ3n) is 3.91. The van der Waals surface area contributed by atoms with E-state index in [0.29, 0.717) is 19.3 Å². The summed E-state index contributed by atoms with van der Waals surface area (Å²) in [6.07, 6.45) is 6.32. The van der Waals surface area contributed by atoms with Gasteiger partial charge in [-0.3, -0.25) is 0 Å². The van der Waals surface area contributed by atoms with Gasteiger partial charge in [-0.25, -0.2) is 0 Å². The molecule has 0 fully saturated rings. The van der Waals surface area contributed by atoms with Gasteiger partial charge >= 0.3 is 6.18 Å². The van der Waals surface area contributed by atoms with Crippen molar-refractivity contribution >= 4 is 0 Å². The van der Waals surface area contributed by atoms with Gasteiger partial charge < -0.3 is 5.11 Å². The number of hydrogen-bond donors (Lipinski definition) is 1. The Bertz CT molecular complexity index is 345. The number of alkyl halides is 3. The van der Waals surface area contributed by atoms with E-state index in [1.807, 2.05) is 32.9 Å². The molecule has 130 valence electrons. The zero-order valence-corrected chi connectivity index (χ0v) is 14.2. The average molecular weight is 320 g/mol. The normalized spacial score (nSPS) is 29.3. The average Bonchev–Trinajstić information content (AvgIpc) is 2.47. The lowest BCUT2D eigenvalue weighted by Crippen LogP contribution is -2.45. The Morgan fingerprint density at radius 2 is 1.55 bits per heavy atom. The van der Waals surface area contributed by atoms with E-state index in [9.17, 15) is 18.3 Å². The maximum atomic E-state index is 13.0. The van der Waals surface area contributed by atoms with Gasteiger partial charge in [0, 0.05) is 0 Å². The Labute approximate surface area is 133 Å². The van der Waals surface area contributed by atoms with Crippen molar-refractivity contribution < 1.29 is 18.3 Å². The molecule has 1 rings (SSSR count).